The van der Waals surface area contributed by atoms with Gasteiger partial charge in [0.05, 0.1) is 30.4 Å². The van der Waals surface area contributed by atoms with Crippen LogP contribution < -0.4 is 41.9 Å². The highest BCUT2D eigenvalue weighted by Crippen LogP contribution is 2.20. The number of amides is 2. The zero-order valence-corrected chi connectivity index (χ0v) is 31.2. The Morgan fingerprint density at radius 1 is 0.600 bits per heavy atom. The van der Waals surface area contributed by atoms with Gasteiger partial charge in [-0.1, -0.05) is 27.7 Å². The molecule has 0 saturated carbocycles. The molecular weight excluding hydrogens is 721 g/mol. The minimum absolute atomic E-state index is 0.0666. The Morgan fingerprint density at radius 3 is 1.29 bits per heavy atom. The second kappa shape index (κ2) is 17.7. The van der Waals surface area contributed by atoms with Gasteiger partial charge in [-0.3, -0.25) is 25.6 Å². The van der Waals surface area contributed by atoms with Crippen molar-refractivity contribution in [1.82, 2.24) is 9.97 Å². The van der Waals surface area contributed by atoms with Crippen molar-refractivity contribution in [3.05, 3.63) is 138 Å². The summed E-state index contributed by atoms with van der Waals surface area (Å²) in [6.07, 6.45) is 3.73. The van der Waals surface area contributed by atoms with Crippen molar-refractivity contribution < 1.29 is 31.7 Å². The fraction of sp³-hybridized carbons (Fsp3) is 0.128. The average molecular weight is 763 g/mol. The highest BCUT2D eigenvalue weighted by atomic mass is 32.2. The van der Waals surface area contributed by atoms with Crippen molar-refractivity contribution in [3.63, 3.8) is 0 Å². The predicted molar refractivity (Wildman–Crippen MR) is 212 cm³/mol. The zero-order chi connectivity index (χ0) is 39.5. The van der Waals surface area contributed by atoms with E-state index in [9.17, 15) is 18.0 Å². The number of hydrogen-bond acceptors (Lipinski definition) is 10. The Bertz CT molecular complexity index is 2240. The predicted octanol–water partition coefficient (Wildman–Crippen LogP) is 5.49. The van der Waals surface area contributed by atoms with E-state index in [-0.39, 0.29) is 16.7 Å². The van der Waals surface area contributed by atoms with E-state index in [1.165, 1.54) is 12.1 Å². The van der Waals surface area contributed by atoms with Crippen LogP contribution >= 0.6 is 0 Å². The summed E-state index contributed by atoms with van der Waals surface area (Å²) in [5, 5.41) is 12.1. The van der Waals surface area contributed by atoms with Crippen LogP contribution in [-0.2, 0) is 23.2 Å². The molecule has 9 N–H and O–H groups in total. The molecule has 6 aromatic rings. The topological polar surface area (TPSA) is 222 Å². The fourth-order valence-corrected chi connectivity index (χ4v) is 5.54. The van der Waals surface area contributed by atoms with Crippen molar-refractivity contribution in [2.24, 2.45) is 0 Å². The van der Waals surface area contributed by atoms with Gasteiger partial charge in [-0.25, -0.2) is 9.13 Å². The summed E-state index contributed by atoms with van der Waals surface area (Å²) in [7, 11) is -4.02. The second-order valence-electron chi connectivity index (χ2n) is 12.1. The van der Waals surface area contributed by atoms with Crippen molar-refractivity contribution in [2.75, 3.05) is 32.7 Å². The Balaban J connectivity index is 0.000000454. The van der Waals surface area contributed by atoms with Crippen molar-refractivity contribution >= 4 is 68.2 Å². The van der Waals surface area contributed by atoms with E-state index in [1.807, 2.05) is 78.7 Å². The van der Waals surface area contributed by atoms with Gasteiger partial charge in [0.1, 0.15) is 0 Å². The van der Waals surface area contributed by atoms with Gasteiger partial charge in [0, 0.05) is 46.0 Å². The lowest BCUT2D eigenvalue weighted by molar-refractivity contribution is -0.681. The smallest absolute Gasteiger partial charge is 0.326 e. The van der Waals surface area contributed by atoms with E-state index >= 15 is 0 Å². The molecule has 0 saturated heterocycles. The molecule has 55 heavy (non-hydrogen) atoms. The second-order valence-corrected chi connectivity index (χ2v) is 13.5. The molecule has 0 aliphatic heterocycles. The van der Waals surface area contributed by atoms with Crippen LogP contribution in [0.2, 0.25) is 0 Å². The molecule has 0 atom stereocenters. The number of nitrogen functional groups attached to an aromatic ring is 2. The third-order valence-corrected chi connectivity index (χ3v) is 8.99. The van der Waals surface area contributed by atoms with Crippen LogP contribution in [0.25, 0.3) is 0 Å². The first kappa shape index (κ1) is 39.3. The van der Waals surface area contributed by atoms with E-state index in [2.05, 4.69) is 31.2 Å². The maximum atomic E-state index is 12.8. The van der Waals surface area contributed by atoms with E-state index in [1.54, 1.807) is 60.7 Å². The van der Waals surface area contributed by atoms with Crippen LogP contribution in [0.4, 0.5) is 46.3 Å². The molecular formula is C39H42N10O5S+2. The quantitative estimate of drug-likeness (QED) is 0.0646. The summed E-state index contributed by atoms with van der Waals surface area (Å²) in [5.41, 5.74) is 16.6. The molecule has 15 nitrogen and oxygen atoms in total. The van der Waals surface area contributed by atoms with E-state index in [0.717, 1.165) is 30.0 Å². The standard InChI is InChI=1S/C32H32N10O2.C7H8O3S/c1-3-41-19-17-27(39-31(41)33)35-23-9-13-25(14-10-23)37-29(43)21-5-7-22(8-6-21)30(44)38-26-15-11-24(12-16-26)36-28-18-20-42(4-2)32(34)40-28;1-6-2-4-7(5-3-6)11(8,9)10/h5-20H,3-4H2,1-2H3,(H6,33,34,35,36,37,38,39,40,43,44);2-5H,1H3,(H,8,9,10)/p+2. The van der Waals surface area contributed by atoms with Crippen molar-refractivity contribution in [1.29, 1.82) is 0 Å². The molecule has 0 aliphatic rings. The summed E-state index contributed by atoms with van der Waals surface area (Å²) in [6.45, 7) is 7.30. The Labute approximate surface area is 318 Å². The molecule has 0 aliphatic carbocycles. The maximum absolute atomic E-state index is 12.8. The minimum atomic E-state index is -4.02. The first-order chi connectivity index (χ1) is 26.3. The lowest BCUT2D eigenvalue weighted by atomic mass is 10.1. The number of nitrogens with zero attached hydrogens (tertiary/aromatic N) is 4. The number of nitrogens with one attached hydrogen (secondary N) is 4. The molecule has 2 aromatic heterocycles. The number of nitrogens with two attached hydrogens (primary N) is 2. The van der Waals surface area contributed by atoms with Gasteiger partial charge in [0.2, 0.25) is 11.6 Å². The van der Waals surface area contributed by atoms with Crippen molar-refractivity contribution in [2.45, 2.75) is 38.8 Å². The molecule has 16 heteroatoms. The van der Waals surface area contributed by atoms with Crippen LogP contribution in [0.1, 0.15) is 40.1 Å². The molecule has 0 unspecified atom stereocenters. The van der Waals surface area contributed by atoms with E-state index in [4.69, 9.17) is 16.0 Å². The van der Waals surface area contributed by atoms with Gasteiger partial charge in [-0.05, 0) is 106 Å². The SMILES string of the molecule is CC[n+]1ccc(Nc2ccc(NC(=O)c3ccc(C(=O)Nc4ccc(Nc5cc[n+](CC)c(N)n5)cc4)cc3)cc2)nc1N.Cc1ccc(S(=O)(=O)O)cc1. The number of rotatable bonds is 11. The van der Waals surface area contributed by atoms with Gasteiger partial charge in [0.15, 0.2) is 0 Å². The first-order valence-electron chi connectivity index (χ1n) is 17.1. The zero-order valence-electron chi connectivity index (χ0n) is 30.4. The van der Waals surface area contributed by atoms with Gasteiger partial charge >= 0.3 is 11.9 Å². The number of aromatic nitrogens is 4. The van der Waals surface area contributed by atoms with Crippen molar-refractivity contribution in [3.8, 4) is 0 Å². The monoisotopic (exact) mass is 762 g/mol. The highest BCUT2D eigenvalue weighted by molar-refractivity contribution is 7.85. The van der Waals surface area contributed by atoms with E-state index in [0.29, 0.717) is 46.0 Å². The Morgan fingerprint density at radius 2 is 0.964 bits per heavy atom. The highest BCUT2D eigenvalue weighted by Gasteiger charge is 2.13. The molecule has 4 aromatic carbocycles. The number of carbonyl (C=O) groups excluding carboxylic acids is 2. The number of aryl methyl sites for hydroxylation is 3. The third kappa shape index (κ3) is 11.0. The van der Waals surface area contributed by atoms with Gasteiger partial charge in [0.25, 0.3) is 21.9 Å². The first-order valence-corrected chi connectivity index (χ1v) is 18.6. The summed E-state index contributed by atoms with van der Waals surface area (Å²) in [4.78, 5) is 34.2. The molecule has 0 spiro atoms. The van der Waals surface area contributed by atoms with Crippen LogP contribution in [0.15, 0.2) is 126 Å². The molecule has 2 heterocycles. The fourth-order valence-electron chi connectivity index (χ4n) is 5.06. The average Bonchev–Trinajstić information content (AvgIpc) is 3.17. The van der Waals surface area contributed by atoms with Gasteiger partial charge in [-0.2, -0.15) is 8.42 Å². The summed E-state index contributed by atoms with van der Waals surface area (Å²) in [5.74, 6) is 1.51. The van der Waals surface area contributed by atoms with Crippen LogP contribution in [0.3, 0.4) is 0 Å². The third-order valence-electron chi connectivity index (χ3n) is 8.12. The van der Waals surface area contributed by atoms with Crippen LogP contribution in [-0.4, -0.2) is 34.8 Å². The molecule has 282 valence electrons. The Kier molecular flexibility index (Phi) is 12.7. The largest absolute Gasteiger partial charge is 0.391 e. The molecule has 6 rings (SSSR count). The number of hydrogen-bond donors (Lipinski definition) is 7. The van der Waals surface area contributed by atoms with Crippen LogP contribution in [0.5, 0.6) is 0 Å². The number of benzene rings is 4. The molecule has 2 amide bonds. The maximum Gasteiger partial charge on any atom is 0.391 e. The normalized spacial score (nSPS) is 10.8. The number of carbonyl (C=O) groups is 2. The minimum Gasteiger partial charge on any atom is -0.326 e. The van der Waals surface area contributed by atoms with Crippen LogP contribution in [0, 0.1) is 6.92 Å². The Hall–Kier alpha value is -6.91. The summed E-state index contributed by atoms with van der Waals surface area (Å²) < 4.78 is 33.2. The van der Waals surface area contributed by atoms with Gasteiger partial charge in [-0.15, -0.1) is 0 Å². The summed E-state index contributed by atoms with van der Waals surface area (Å²) in [6, 6.07) is 30.6. The van der Waals surface area contributed by atoms with Gasteiger partial charge < -0.3 is 21.3 Å². The summed E-state index contributed by atoms with van der Waals surface area (Å²) >= 11 is 0. The lowest BCUT2D eigenvalue weighted by Crippen LogP contribution is -2.36. The molecule has 0 bridgehead atoms. The number of anilines is 8. The molecule has 0 fully saturated rings. The lowest BCUT2D eigenvalue weighted by Gasteiger charge is -2.09. The molecule has 0 radical (unpaired) electrons. The van der Waals surface area contributed by atoms with E-state index < -0.39 is 10.1 Å².